The van der Waals surface area contributed by atoms with Gasteiger partial charge in [0.25, 0.3) is 5.91 Å². The van der Waals surface area contributed by atoms with Crippen molar-refractivity contribution in [3.8, 4) is 0 Å². The van der Waals surface area contributed by atoms with Gasteiger partial charge < -0.3 is 11.1 Å². The van der Waals surface area contributed by atoms with Gasteiger partial charge in [-0.05, 0) is 31.4 Å². The van der Waals surface area contributed by atoms with Crippen LogP contribution in [0.1, 0.15) is 29.6 Å². The van der Waals surface area contributed by atoms with Crippen molar-refractivity contribution in [1.82, 2.24) is 10.3 Å². The molecule has 1 aliphatic rings. The molecule has 3 N–H and O–H groups in total. The van der Waals surface area contributed by atoms with E-state index in [1.165, 1.54) is 0 Å². The standard InChI is InChI=1S/C15H17N3O/c16-10-15(7-3-8-15)18-14(19)12-6-1-4-11-5-2-9-17-13(11)12/h1-2,4-6,9H,3,7-8,10,16H2,(H,18,19). The molecule has 3 rings (SSSR count). The van der Waals surface area contributed by atoms with Crippen molar-refractivity contribution in [2.45, 2.75) is 24.8 Å². The van der Waals surface area contributed by atoms with E-state index in [0.29, 0.717) is 12.1 Å². The van der Waals surface area contributed by atoms with Crippen LogP contribution in [0.3, 0.4) is 0 Å². The molecule has 1 aromatic heterocycles. The van der Waals surface area contributed by atoms with Gasteiger partial charge in [-0.2, -0.15) is 0 Å². The highest BCUT2D eigenvalue weighted by Crippen LogP contribution is 2.31. The minimum atomic E-state index is -0.200. The van der Waals surface area contributed by atoms with E-state index in [0.717, 1.165) is 30.2 Å². The molecule has 1 amide bonds. The molecule has 0 radical (unpaired) electrons. The van der Waals surface area contributed by atoms with Crippen LogP contribution in [-0.4, -0.2) is 23.0 Å². The maximum absolute atomic E-state index is 12.4. The van der Waals surface area contributed by atoms with Gasteiger partial charge in [0, 0.05) is 18.1 Å². The first-order chi connectivity index (χ1) is 9.24. The molecule has 0 saturated heterocycles. The van der Waals surface area contributed by atoms with E-state index >= 15 is 0 Å². The van der Waals surface area contributed by atoms with Gasteiger partial charge in [0.05, 0.1) is 16.6 Å². The smallest absolute Gasteiger partial charge is 0.253 e. The van der Waals surface area contributed by atoms with E-state index in [2.05, 4.69) is 10.3 Å². The number of hydrogen-bond donors (Lipinski definition) is 2. The number of hydrogen-bond acceptors (Lipinski definition) is 3. The molecule has 1 aliphatic carbocycles. The first-order valence-corrected chi connectivity index (χ1v) is 6.60. The maximum atomic E-state index is 12.4. The Bertz CT molecular complexity index is 609. The molecule has 1 heterocycles. The molecule has 0 aliphatic heterocycles. The first kappa shape index (κ1) is 12.1. The van der Waals surface area contributed by atoms with E-state index < -0.39 is 0 Å². The molecule has 0 spiro atoms. The third kappa shape index (κ3) is 2.08. The summed E-state index contributed by atoms with van der Waals surface area (Å²) in [5, 5.41) is 4.06. The van der Waals surface area contributed by atoms with Crippen molar-refractivity contribution in [2.24, 2.45) is 5.73 Å². The summed E-state index contributed by atoms with van der Waals surface area (Å²) in [4.78, 5) is 16.7. The van der Waals surface area contributed by atoms with Crippen LogP contribution in [0, 0.1) is 0 Å². The monoisotopic (exact) mass is 255 g/mol. The molecule has 1 saturated carbocycles. The average Bonchev–Trinajstić information content (AvgIpc) is 2.42. The molecule has 1 aromatic carbocycles. The third-order valence-electron chi connectivity index (χ3n) is 3.96. The Labute approximate surface area is 112 Å². The number of aromatic nitrogens is 1. The number of carbonyl (C=O) groups excluding carboxylic acids is 1. The Kier molecular flexibility index (Phi) is 2.95. The molecular formula is C15H17N3O. The number of amides is 1. The first-order valence-electron chi connectivity index (χ1n) is 6.60. The number of carbonyl (C=O) groups is 1. The number of benzene rings is 1. The summed E-state index contributed by atoms with van der Waals surface area (Å²) in [7, 11) is 0. The van der Waals surface area contributed by atoms with E-state index in [1.54, 1.807) is 6.20 Å². The molecule has 4 heteroatoms. The third-order valence-corrected chi connectivity index (χ3v) is 3.96. The summed E-state index contributed by atoms with van der Waals surface area (Å²) >= 11 is 0. The predicted octanol–water partition coefficient (Wildman–Crippen LogP) is 1.85. The molecule has 0 unspecified atom stereocenters. The van der Waals surface area contributed by atoms with Crippen LogP contribution in [-0.2, 0) is 0 Å². The van der Waals surface area contributed by atoms with E-state index in [-0.39, 0.29) is 11.4 Å². The summed E-state index contributed by atoms with van der Waals surface area (Å²) in [6.07, 6.45) is 4.77. The molecule has 2 aromatic rings. The van der Waals surface area contributed by atoms with Crippen LogP contribution in [0.25, 0.3) is 10.9 Å². The van der Waals surface area contributed by atoms with Crippen molar-refractivity contribution in [3.05, 3.63) is 42.1 Å². The van der Waals surface area contributed by atoms with Gasteiger partial charge in [-0.3, -0.25) is 9.78 Å². The lowest BCUT2D eigenvalue weighted by atomic mass is 9.76. The van der Waals surface area contributed by atoms with Crippen LogP contribution in [0.15, 0.2) is 36.5 Å². The normalized spacial score (nSPS) is 16.9. The van der Waals surface area contributed by atoms with Gasteiger partial charge in [0.1, 0.15) is 0 Å². The number of nitrogens with zero attached hydrogens (tertiary/aromatic N) is 1. The SMILES string of the molecule is NCC1(NC(=O)c2cccc3cccnc23)CCC1. The summed E-state index contributed by atoms with van der Waals surface area (Å²) in [5.74, 6) is -0.0746. The topological polar surface area (TPSA) is 68.0 Å². The summed E-state index contributed by atoms with van der Waals surface area (Å²) in [6.45, 7) is 0.497. The van der Waals surface area contributed by atoms with E-state index in [1.807, 2.05) is 30.3 Å². The highest BCUT2D eigenvalue weighted by Gasteiger charge is 2.37. The predicted molar refractivity (Wildman–Crippen MR) is 74.8 cm³/mol. The Morgan fingerprint density at radius 1 is 1.32 bits per heavy atom. The Morgan fingerprint density at radius 3 is 2.79 bits per heavy atom. The van der Waals surface area contributed by atoms with Crippen molar-refractivity contribution in [1.29, 1.82) is 0 Å². The van der Waals surface area contributed by atoms with Crippen LogP contribution < -0.4 is 11.1 Å². The highest BCUT2D eigenvalue weighted by atomic mass is 16.1. The van der Waals surface area contributed by atoms with Crippen LogP contribution in [0.2, 0.25) is 0 Å². The van der Waals surface area contributed by atoms with Gasteiger partial charge in [-0.15, -0.1) is 0 Å². The fraction of sp³-hybridized carbons (Fsp3) is 0.333. The molecule has 19 heavy (non-hydrogen) atoms. The largest absolute Gasteiger partial charge is 0.345 e. The molecule has 1 fully saturated rings. The fourth-order valence-corrected chi connectivity index (χ4v) is 2.58. The average molecular weight is 255 g/mol. The Hall–Kier alpha value is -1.94. The van der Waals surface area contributed by atoms with Gasteiger partial charge in [0.15, 0.2) is 0 Å². The van der Waals surface area contributed by atoms with Gasteiger partial charge >= 0.3 is 0 Å². The van der Waals surface area contributed by atoms with Crippen molar-refractivity contribution in [2.75, 3.05) is 6.54 Å². The number of rotatable bonds is 3. The lowest BCUT2D eigenvalue weighted by Crippen LogP contribution is -2.58. The van der Waals surface area contributed by atoms with Crippen molar-refractivity contribution in [3.63, 3.8) is 0 Å². The molecule has 98 valence electrons. The van der Waals surface area contributed by atoms with Gasteiger partial charge in [-0.1, -0.05) is 18.2 Å². The zero-order chi connectivity index (χ0) is 13.3. The second-order valence-electron chi connectivity index (χ2n) is 5.17. The second-order valence-corrected chi connectivity index (χ2v) is 5.17. The zero-order valence-electron chi connectivity index (χ0n) is 10.7. The molecular weight excluding hydrogens is 238 g/mol. The highest BCUT2D eigenvalue weighted by molar-refractivity contribution is 6.05. The Balaban J connectivity index is 1.93. The number of nitrogens with two attached hydrogens (primary N) is 1. The lowest BCUT2D eigenvalue weighted by Gasteiger charge is -2.41. The lowest BCUT2D eigenvalue weighted by molar-refractivity contribution is 0.0839. The fourth-order valence-electron chi connectivity index (χ4n) is 2.58. The second kappa shape index (κ2) is 4.63. The summed E-state index contributed by atoms with van der Waals surface area (Å²) < 4.78 is 0. The number of nitrogens with one attached hydrogen (secondary N) is 1. The van der Waals surface area contributed by atoms with Crippen LogP contribution >= 0.6 is 0 Å². The quantitative estimate of drug-likeness (QED) is 0.879. The minimum Gasteiger partial charge on any atom is -0.345 e. The van der Waals surface area contributed by atoms with Crippen LogP contribution in [0.5, 0.6) is 0 Å². The summed E-state index contributed by atoms with van der Waals surface area (Å²) in [6, 6.07) is 9.49. The molecule has 0 bridgehead atoms. The van der Waals surface area contributed by atoms with E-state index in [4.69, 9.17) is 5.73 Å². The summed E-state index contributed by atoms with van der Waals surface area (Å²) in [5.41, 5.74) is 6.94. The molecule has 4 nitrogen and oxygen atoms in total. The van der Waals surface area contributed by atoms with Crippen LogP contribution in [0.4, 0.5) is 0 Å². The van der Waals surface area contributed by atoms with Crippen molar-refractivity contribution < 1.29 is 4.79 Å². The zero-order valence-corrected chi connectivity index (χ0v) is 10.7. The molecule has 0 atom stereocenters. The number of para-hydroxylation sites is 1. The number of fused-ring (bicyclic) bond motifs is 1. The maximum Gasteiger partial charge on any atom is 0.253 e. The minimum absolute atomic E-state index is 0.0746. The van der Waals surface area contributed by atoms with Crippen molar-refractivity contribution >= 4 is 16.8 Å². The van der Waals surface area contributed by atoms with Gasteiger partial charge in [-0.25, -0.2) is 0 Å². The Morgan fingerprint density at radius 2 is 2.11 bits per heavy atom. The van der Waals surface area contributed by atoms with E-state index in [9.17, 15) is 4.79 Å². The van der Waals surface area contributed by atoms with Gasteiger partial charge in [0.2, 0.25) is 0 Å². The number of pyridine rings is 1.